The first-order valence-corrected chi connectivity index (χ1v) is 7.69. The Kier molecular flexibility index (Phi) is 5.48. The van der Waals surface area contributed by atoms with E-state index in [1.807, 2.05) is 6.07 Å². The quantitative estimate of drug-likeness (QED) is 0.762. The molecule has 2 aromatic carbocycles. The first kappa shape index (κ1) is 14.9. The number of anilines is 1. The van der Waals surface area contributed by atoms with Crippen LogP contribution in [0.25, 0.3) is 0 Å². The normalized spacial score (nSPS) is 11.9. The zero-order chi connectivity index (χ0) is 14.4. The zero-order valence-electron chi connectivity index (χ0n) is 11.9. The van der Waals surface area contributed by atoms with Crippen LogP contribution >= 0.6 is 15.9 Å². The predicted octanol–water partition coefficient (Wildman–Crippen LogP) is 5.41. The van der Waals surface area contributed by atoms with Crippen LogP contribution in [-0.4, -0.2) is 7.11 Å². The summed E-state index contributed by atoms with van der Waals surface area (Å²) in [4.78, 5) is 0. The molecule has 1 atom stereocenters. The second-order valence-electron chi connectivity index (χ2n) is 4.75. The number of methoxy groups -OCH3 is 1. The average Bonchev–Trinajstić information content (AvgIpc) is 2.48. The van der Waals surface area contributed by atoms with Crippen molar-refractivity contribution in [1.29, 1.82) is 0 Å². The molecule has 3 heteroatoms. The molecule has 0 aliphatic heterocycles. The number of rotatable bonds is 6. The van der Waals surface area contributed by atoms with Gasteiger partial charge in [0.15, 0.2) is 0 Å². The molecular formula is C17H20BrNO. The minimum atomic E-state index is 0.335. The molecule has 0 saturated carbocycles. The number of halogens is 1. The lowest BCUT2D eigenvalue weighted by molar-refractivity contribution is 0.412. The van der Waals surface area contributed by atoms with Crippen molar-refractivity contribution in [1.82, 2.24) is 0 Å². The maximum absolute atomic E-state index is 5.26. The van der Waals surface area contributed by atoms with Gasteiger partial charge in [-0.1, -0.05) is 43.7 Å². The van der Waals surface area contributed by atoms with E-state index < -0.39 is 0 Å². The lowest BCUT2D eigenvalue weighted by Crippen LogP contribution is -2.10. The van der Waals surface area contributed by atoms with Crippen LogP contribution in [0.2, 0.25) is 0 Å². The van der Waals surface area contributed by atoms with Gasteiger partial charge < -0.3 is 10.1 Å². The van der Waals surface area contributed by atoms with Gasteiger partial charge in [-0.05, 0) is 46.1 Å². The second-order valence-corrected chi connectivity index (χ2v) is 5.60. The Labute approximate surface area is 129 Å². The minimum Gasteiger partial charge on any atom is -0.496 e. The third-order valence-electron chi connectivity index (χ3n) is 3.27. The molecule has 0 saturated heterocycles. The van der Waals surface area contributed by atoms with Crippen LogP contribution in [0.15, 0.2) is 53.0 Å². The average molecular weight is 334 g/mol. The highest BCUT2D eigenvalue weighted by atomic mass is 79.9. The summed E-state index contributed by atoms with van der Waals surface area (Å²) in [6, 6.07) is 17.0. The van der Waals surface area contributed by atoms with E-state index in [0.717, 1.165) is 28.8 Å². The van der Waals surface area contributed by atoms with E-state index in [9.17, 15) is 0 Å². The van der Waals surface area contributed by atoms with Crippen LogP contribution in [0.3, 0.4) is 0 Å². The topological polar surface area (TPSA) is 21.3 Å². The fraction of sp³-hybridized carbons (Fsp3) is 0.294. The maximum Gasteiger partial charge on any atom is 0.133 e. The Morgan fingerprint density at radius 2 is 1.90 bits per heavy atom. The third-order valence-corrected chi connectivity index (χ3v) is 3.89. The van der Waals surface area contributed by atoms with E-state index >= 15 is 0 Å². The van der Waals surface area contributed by atoms with Gasteiger partial charge in [0.25, 0.3) is 0 Å². The molecule has 106 valence electrons. The van der Waals surface area contributed by atoms with Gasteiger partial charge in [-0.15, -0.1) is 0 Å². The Hall–Kier alpha value is -1.48. The Bertz CT molecular complexity index is 542. The highest BCUT2D eigenvalue weighted by Crippen LogP contribution is 2.30. The number of hydrogen-bond acceptors (Lipinski definition) is 2. The van der Waals surface area contributed by atoms with Crippen molar-refractivity contribution >= 4 is 21.6 Å². The Balaban J connectivity index is 2.18. The molecule has 0 aliphatic rings. The maximum atomic E-state index is 5.26. The largest absolute Gasteiger partial charge is 0.496 e. The van der Waals surface area contributed by atoms with Crippen LogP contribution in [-0.2, 0) is 0 Å². The number of ether oxygens (including phenoxy) is 1. The third kappa shape index (κ3) is 3.76. The molecule has 2 nitrogen and oxygen atoms in total. The molecule has 1 N–H and O–H groups in total. The summed E-state index contributed by atoms with van der Waals surface area (Å²) >= 11 is 3.53. The van der Waals surface area contributed by atoms with E-state index in [4.69, 9.17) is 4.74 Å². The fourth-order valence-electron chi connectivity index (χ4n) is 2.25. The molecule has 0 radical (unpaired) electrons. The van der Waals surface area contributed by atoms with E-state index in [0.29, 0.717) is 6.04 Å². The van der Waals surface area contributed by atoms with E-state index in [1.165, 1.54) is 5.56 Å². The molecule has 0 fully saturated rings. The molecule has 1 unspecified atom stereocenters. The standard InChI is InChI=1S/C17H20BrNO/c1-3-7-16(13-8-5-4-6-9-13)19-14-10-11-17(20-2)15(18)12-14/h4-6,8-12,16,19H,3,7H2,1-2H3. The molecular weight excluding hydrogens is 314 g/mol. The molecule has 2 aromatic rings. The summed E-state index contributed by atoms with van der Waals surface area (Å²) in [5, 5.41) is 3.60. The van der Waals surface area contributed by atoms with Crippen molar-refractivity contribution in [3.63, 3.8) is 0 Å². The van der Waals surface area contributed by atoms with Crippen LogP contribution in [0, 0.1) is 0 Å². The highest BCUT2D eigenvalue weighted by Gasteiger charge is 2.11. The predicted molar refractivity (Wildman–Crippen MR) is 88.4 cm³/mol. The van der Waals surface area contributed by atoms with Crippen molar-refractivity contribution < 1.29 is 4.74 Å². The molecule has 0 aliphatic carbocycles. The second kappa shape index (κ2) is 7.34. The van der Waals surface area contributed by atoms with Crippen molar-refractivity contribution in [2.75, 3.05) is 12.4 Å². The Morgan fingerprint density at radius 3 is 2.50 bits per heavy atom. The van der Waals surface area contributed by atoms with Gasteiger partial charge in [0.2, 0.25) is 0 Å². The van der Waals surface area contributed by atoms with Crippen LogP contribution in [0.5, 0.6) is 5.75 Å². The van der Waals surface area contributed by atoms with Crippen molar-refractivity contribution in [3.8, 4) is 5.75 Å². The molecule has 0 amide bonds. The van der Waals surface area contributed by atoms with E-state index in [1.54, 1.807) is 7.11 Å². The van der Waals surface area contributed by atoms with Crippen LogP contribution in [0.4, 0.5) is 5.69 Å². The van der Waals surface area contributed by atoms with Crippen molar-refractivity contribution in [2.45, 2.75) is 25.8 Å². The first-order chi connectivity index (χ1) is 9.74. The van der Waals surface area contributed by atoms with E-state index in [2.05, 4.69) is 70.6 Å². The number of hydrogen-bond donors (Lipinski definition) is 1. The summed E-state index contributed by atoms with van der Waals surface area (Å²) in [5.41, 5.74) is 2.42. The van der Waals surface area contributed by atoms with Gasteiger partial charge >= 0.3 is 0 Å². The molecule has 0 heterocycles. The highest BCUT2D eigenvalue weighted by molar-refractivity contribution is 9.10. The van der Waals surface area contributed by atoms with Gasteiger partial charge in [-0.25, -0.2) is 0 Å². The fourth-order valence-corrected chi connectivity index (χ4v) is 2.79. The van der Waals surface area contributed by atoms with Gasteiger partial charge in [0, 0.05) is 5.69 Å². The van der Waals surface area contributed by atoms with Crippen molar-refractivity contribution in [2.24, 2.45) is 0 Å². The first-order valence-electron chi connectivity index (χ1n) is 6.89. The monoisotopic (exact) mass is 333 g/mol. The molecule has 0 aromatic heterocycles. The van der Waals surface area contributed by atoms with E-state index in [-0.39, 0.29) is 0 Å². The number of nitrogens with one attached hydrogen (secondary N) is 1. The lowest BCUT2D eigenvalue weighted by atomic mass is 10.0. The molecule has 0 bridgehead atoms. The summed E-state index contributed by atoms with van der Waals surface area (Å²) in [5.74, 6) is 0.849. The van der Waals surface area contributed by atoms with Gasteiger partial charge in [0.1, 0.15) is 5.75 Å². The van der Waals surface area contributed by atoms with Gasteiger partial charge in [-0.2, -0.15) is 0 Å². The molecule has 2 rings (SSSR count). The molecule has 20 heavy (non-hydrogen) atoms. The smallest absolute Gasteiger partial charge is 0.133 e. The van der Waals surface area contributed by atoms with Crippen LogP contribution in [0.1, 0.15) is 31.4 Å². The van der Waals surface area contributed by atoms with Gasteiger partial charge in [0.05, 0.1) is 17.6 Å². The summed E-state index contributed by atoms with van der Waals surface area (Å²) in [6.07, 6.45) is 2.25. The number of benzene rings is 2. The van der Waals surface area contributed by atoms with Gasteiger partial charge in [-0.3, -0.25) is 0 Å². The molecule has 0 spiro atoms. The van der Waals surface area contributed by atoms with Crippen molar-refractivity contribution in [3.05, 3.63) is 58.6 Å². The summed E-state index contributed by atoms with van der Waals surface area (Å²) < 4.78 is 6.23. The SMILES string of the molecule is CCCC(Nc1ccc(OC)c(Br)c1)c1ccccc1. The zero-order valence-corrected chi connectivity index (χ0v) is 13.5. The lowest BCUT2D eigenvalue weighted by Gasteiger charge is -2.20. The summed E-state index contributed by atoms with van der Waals surface area (Å²) in [7, 11) is 1.68. The Morgan fingerprint density at radius 1 is 1.15 bits per heavy atom. The van der Waals surface area contributed by atoms with Crippen LogP contribution < -0.4 is 10.1 Å². The summed E-state index contributed by atoms with van der Waals surface area (Å²) in [6.45, 7) is 2.21. The minimum absolute atomic E-state index is 0.335.